The third-order valence-corrected chi connectivity index (χ3v) is 5.01. The number of nitrogens with one attached hydrogen (secondary N) is 1. The van der Waals surface area contributed by atoms with E-state index in [0.717, 1.165) is 44.6 Å². The van der Waals surface area contributed by atoms with Gasteiger partial charge in [0.25, 0.3) is 0 Å². The van der Waals surface area contributed by atoms with Crippen molar-refractivity contribution in [3.8, 4) is 5.75 Å². The van der Waals surface area contributed by atoms with Crippen LogP contribution in [0.1, 0.15) is 25.7 Å². The van der Waals surface area contributed by atoms with Crippen LogP contribution in [-0.4, -0.2) is 56.7 Å². The highest BCUT2D eigenvalue weighted by Gasteiger charge is 2.26. The first kappa shape index (κ1) is 16.1. The minimum absolute atomic E-state index is 0.274. The first-order valence-corrected chi connectivity index (χ1v) is 8.54. The molecule has 2 saturated heterocycles. The highest BCUT2D eigenvalue weighted by atomic mass is 16.5. The summed E-state index contributed by atoms with van der Waals surface area (Å²) in [5.41, 5.74) is 1.24. The van der Waals surface area contributed by atoms with Crippen LogP contribution in [0.15, 0.2) is 24.3 Å². The van der Waals surface area contributed by atoms with Gasteiger partial charge in [-0.2, -0.15) is 0 Å². The molecule has 126 valence electrons. The maximum atomic E-state index is 11.6. The molecule has 3 rings (SSSR count). The lowest BCUT2D eigenvalue weighted by Gasteiger charge is -2.38. The zero-order valence-corrected chi connectivity index (χ0v) is 14.1. The molecule has 0 spiro atoms. The van der Waals surface area contributed by atoms with Crippen molar-refractivity contribution in [2.24, 2.45) is 0 Å². The molecule has 1 amide bonds. The maximum absolute atomic E-state index is 11.6. The van der Waals surface area contributed by atoms with Crippen LogP contribution in [0.3, 0.4) is 0 Å². The van der Waals surface area contributed by atoms with Gasteiger partial charge in [0.1, 0.15) is 5.75 Å². The zero-order valence-electron chi connectivity index (χ0n) is 14.1. The number of rotatable bonds is 4. The molecule has 5 nitrogen and oxygen atoms in total. The molecule has 1 atom stereocenters. The number of likely N-dealkylation sites (N-methyl/N-ethyl adjacent to an activating group) is 1. The molecular formula is C18H27N3O2. The fraction of sp³-hybridized carbons (Fsp3) is 0.611. The number of methoxy groups -OCH3 is 1. The Balaban J connectivity index is 1.49. The smallest absolute Gasteiger partial charge is 0.222 e. The number of piperidine rings is 2. The van der Waals surface area contributed by atoms with Crippen molar-refractivity contribution in [2.45, 2.75) is 37.8 Å². The summed E-state index contributed by atoms with van der Waals surface area (Å²) in [6.45, 7) is 2.97. The lowest BCUT2D eigenvalue weighted by atomic mass is 9.99. The number of carbonyl (C=O) groups excluding carboxylic acids is 1. The summed E-state index contributed by atoms with van der Waals surface area (Å²) >= 11 is 0. The molecule has 2 aliphatic heterocycles. The number of hydrogen-bond acceptors (Lipinski definition) is 4. The van der Waals surface area contributed by atoms with E-state index < -0.39 is 0 Å². The van der Waals surface area contributed by atoms with E-state index in [9.17, 15) is 4.79 Å². The van der Waals surface area contributed by atoms with Gasteiger partial charge in [0.05, 0.1) is 7.11 Å². The molecule has 0 bridgehead atoms. The van der Waals surface area contributed by atoms with Crippen LogP contribution in [0.4, 0.5) is 5.69 Å². The van der Waals surface area contributed by atoms with Crippen molar-refractivity contribution >= 4 is 11.6 Å². The summed E-state index contributed by atoms with van der Waals surface area (Å²) in [5, 5.41) is 3.76. The number of likely N-dealkylation sites (tertiary alicyclic amines) is 1. The maximum Gasteiger partial charge on any atom is 0.222 e. The van der Waals surface area contributed by atoms with Crippen LogP contribution >= 0.6 is 0 Å². The normalized spacial score (nSPS) is 23.2. The molecule has 1 aromatic carbocycles. The number of hydrogen-bond donors (Lipinski definition) is 1. The van der Waals surface area contributed by atoms with Crippen molar-refractivity contribution in [3.63, 3.8) is 0 Å². The number of amides is 1. The molecular weight excluding hydrogens is 290 g/mol. The third kappa shape index (κ3) is 3.96. The zero-order chi connectivity index (χ0) is 16.2. The largest absolute Gasteiger partial charge is 0.497 e. The van der Waals surface area contributed by atoms with E-state index in [1.807, 2.05) is 24.1 Å². The van der Waals surface area contributed by atoms with Gasteiger partial charge >= 0.3 is 0 Å². The van der Waals surface area contributed by atoms with Gasteiger partial charge in [-0.1, -0.05) is 6.07 Å². The van der Waals surface area contributed by atoms with E-state index in [0.29, 0.717) is 18.5 Å². The summed E-state index contributed by atoms with van der Waals surface area (Å²) < 4.78 is 5.31. The van der Waals surface area contributed by atoms with Gasteiger partial charge in [0.15, 0.2) is 0 Å². The molecule has 23 heavy (non-hydrogen) atoms. The Hall–Kier alpha value is -1.75. The van der Waals surface area contributed by atoms with Crippen LogP contribution in [0.5, 0.6) is 5.75 Å². The van der Waals surface area contributed by atoms with E-state index >= 15 is 0 Å². The quantitative estimate of drug-likeness (QED) is 0.921. The number of anilines is 1. The molecule has 0 radical (unpaired) electrons. The molecule has 1 aromatic rings. The van der Waals surface area contributed by atoms with E-state index in [4.69, 9.17) is 4.74 Å². The topological polar surface area (TPSA) is 44.8 Å². The Morgan fingerprint density at radius 1 is 1.17 bits per heavy atom. The summed E-state index contributed by atoms with van der Waals surface area (Å²) in [4.78, 5) is 15.8. The predicted octanol–water partition coefficient (Wildman–Crippen LogP) is 1.87. The van der Waals surface area contributed by atoms with Crippen LogP contribution in [0.2, 0.25) is 0 Å². The van der Waals surface area contributed by atoms with Gasteiger partial charge in [-0.15, -0.1) is 0 Å². The number of ether oxygens (including phenoxy) is 1. The summed E-state index contributed by atoms with van der Waals surface area (Å²) in [7, 11) is 3.61. The standard InChI is InChI=1S/C18H27N3O2/c1-20-13-15(6-7-18(20)22)19-14-8-10-21(11-9-14)16-4-3-5-17(12-16)23-2/h3-5,12,14-15,19H,6-11,13H2,1-2H3/t15-/m0/s1. The van der Waals surface area contributed by atoms with Crippen molar-refractivity contribution in [3.05, 3.63) is 24.3 Å². The third-order valence-electron chi connectivity index (χ3n) is 5.01. The van der Waals surface area contributed by atoms with Crippen LogP contribution in [0, 0.1) is 0 Å². The monoisotopic (exact) mass is 317 g/mol. The Morgan fingerprint density at radius 2 is 1.96 bits per heavy atom. The molecule has 2 heterocycles. The fourth-order valence-electron chi connectivity index (χ4n) is 3.59. The van der Waals surface area contributed by atoms with E-state index in [-0.39, 0.29) is 5.91 Å². The van der Waals surface area contributed by atoms with Crippen molar-refractivity contribution in [1.82, 2.24) is 10.2 Å². The Morgan fingerprint density at radius 3 is 2.65 bits per heavy atom. The lowest BCUT2D eigenvalue weighted by molar-refractivity contribution is -0.132. The van der Waals surface area contributed by atoms with E-state index in [2.05, 4.69) is 22.3 Å². The summed E-state index contributed by atoms with van der Waals surface area (Å²) in [5.74, 6) is 1.19. The second kappa shape index (κ2) is 7.21. The van der Waals surface area contributed by atoms with Gasteiger partial charge in [-0.25, -0.2) is 0 Å². The highest BCUT2D eigenvalue weighted by molar-refractivity contribution is 5.76. The molecule has 2 aliphatic rings. The molecule has 0 unspecified atom stereocenters. The number of benzene rings is 1. The Labute approximate surface area is 138 Å². The minimum atomic E-state index is 0.274. The molecule has 0 saturated carbocycles. The molecule has 0 aliphatic carbocycles. The lowest BCUT2D eigenvalue weighted by Crippen LogP contribution is -2.52. The molecule has 5 heteroatoms. The first-order chi connectivity index (χ1) is 11.2. The second-order valence-corrected chi connectivity index (χ2v) is 6.64. The Kier molecular flexibility index (Phi) is 5.06. The van der Waals surface area contributed by atoms with Crippen molar-refractivity contribution in [1.29, 1.82) is 0 Å². The first-order valence-electron chi connectivity index (χ1n) is 8.54. The number of nitrogens with zero attached hydrogens (tertiary/aromatic N) is 2. The van der Waals surface area contributed by atoms with Gasteiger partial charge in [0, 0.05) is 56.9 Å². The van der Waals surface area contributed by atoms with E-state index in [1.165, 1.54) is 5.69 Å². The average Bonchev–Trinajstić information content (AvgIpc) is 2.59. The van der Waals surface area contributed by atoms with Crippen LogP contribution in [-0.2, 0) is 4.79 Å². The van der Waals surface area contributed by atoms with Crippen molar-refractivity contribution in [2.75, 3.05) is 38.7 Å². The fourth-order valence-corrected chi connectivity index (χ4v) is 3.59. The van der Waals surface area contributed by atoms with Crippen LogP contribution < -0.4 is 15.0 Å². The van der Waals surface area contributed by atoms with E-state index in [1.54, 1.807) is 7.11 Å². The highest BCUT2D eigenvalue weighted by Crippen LogP contribution is 2.24. The second-order valence-electron chi connectivity index (χ2n) is 6.64. The Bertz CT molecular complexity index is 541. The molecule has 2 fully saturated rings. The molecule has 1 N–H and O–H groups in total. The van der Waals surface area contributed by atoms with Crippen LogP contribution in [0.25, 0.3) is 0 Å². The number of carbonyl (C=O) groups is 1. The predicted molar refractivity (Wildman–Crippen MR) is 92.0 cm³/mol. The minimum Gasteiger partial charge on any atom is -0.497 e. The van der Waals surface area contributed by atoms with Gasteiger partial charge in [0.2, 0.25) is 5.91 Å². The average molecular weight is 317 g/mol. The van der Waals surface area contributed by atoms with Gasteiger partial charge < -0.3 is 19.9 Å². The van der Waals surface area contributed by atoms with Crippen molar-refractivity contribution < 1.29 is 9.53 Å². The SMILES string of the molecule is COc1cccc(N2CCC(N[C@H]3CCC(=O)N(C)C3)CC2)c1. The summed E-state index contributed by atoms with van der Waals surface area (Å²) in [6, 6.07) is 9.30. The molecule has 0 aromatic heterocycles. The van der Waals surface area contributed by atoms with Gasteiger partial charge in [-0.3, -0.25) is 4.79 Å². The van der Waals surface area contributed by atoms with Gasteiger partial charge in [-0.05, 0) is 31.4 Å². The summed E-state index contributed by atoms with van der Waals surface area (Å²) in [6.07, 6.45) is 3.94.